The highest BCUT2D eigenvalue weighted by Gasteiger charge is 2.31. The summed E-state index contributed by atoms with van der Waals surface area (Å²) in [6.07, 6.45) is -1.49. The SMILES string of the molecule is CCN(CCCNC(=O)c1cnn(-c2ccc(C(F)(F)F)cn2)c1C(C)C)c1ccccc1. The standard InChI is InChI=1S/C24H28F3N5O/c1-4-31(19-9-6-5-7-10-19)14-8-13-28-23(33)20-16-30-32(22(20)17(2)3)21-12-11-18(15-29-21)24(25,26)27/h5-7,9-12,15-17H,4,8,13-14H2,1-3H3,(H,28,33). The Labute approximate surface area is 191 Å². The summed E-state index contributed by atoms with van der Waals surface area (Å²) < 4.78 is 39.9. The maximum atomic E-state index is 12.8. The second-order valence-electron chi connectivity index (χ2n) is 7.94. The second-order valence-corrected chi connectivity index (χ2v) is 7.94. The van der Waals surface area contributed by atoms with Crippen LogP contribution in [0.1, 0.15) is 54.7 Å². The van der Waals surface area contributed by atoms with Crippen LogP contribution in [0.3, 0.4) is 0 Å². The average molecular weight is 460 g/mol. The molecule has 1 aromatic carbocycles. The minimum atomic E-state index is -4.46. The molecule has 0 fully saturated rings. The number of carbonyl (C=O) groups excluding carboxylic acids is 1. The molecule has 9 heteroatoms. The minimum Gasteiger partial charge on any atom is -0.372 e. The van der Waals surface area contributed by atoms with Crippen molar-refractivity contribution in [1.29, 1.82) is 0 Å². The molecule has 0 unspecified atom stereocenters. The largest absolute Gasteiger partial charge is 0.417 e. The van der Waals surface area contributed by atoms with Gasteiger partial charge in [-0.3, -0.25) is 4.79 Å². The summed E-state index contributed by atoms with van der Waals surface area (Å²) in [6.45, 7) is 8.03. The molecule has 33 heavy (non-hydrogen) atoms. The number of anilines is 1. The first-order valence-electron chi connectivity index (χ1n) is 10.9. The number of benzene rings is 1. The molecule has 3 rings (SSSR count). The van der Waals surface area contributed by atoms with Crippen LogP contribution in [-0.4, -0.2) is 40.3 Å². The summed E-state index contributed by atoms with van der Waals surface area (Å²) in [5.41, 5.74) is 1.29. The molecule has 2 aromatic heterocycles. The van der Waals surface area contributed by atoms with Crippen molar-refractivity contribution in [2.45, 2.75) is 39.3 Å². The molecule has 0 aliphatic heterocycles. The molecule has 0 radical (unpaired) electrons. The molecular weight excluding hydrogens is 431 g/mol. The fraction of sp³-hybridized carbons (Fsp3) is 0.375. The summed E-state index contributed by atoms with van der Waals surface area (Å²) >= 11 is 0. The molecular formula is C24H28F3N5O. The number of amides is 1. The van der Waals surface area contributed by atoms with Gasteiger partial charge in [0.05, 0.1) is 23.0 Å². The number of nitrogens with one attached hydrogen (secondary N) is 1. The van der Waals surface area contributed by atoms with Gasteiger partial charge in [0.2, 0.25) is 0 Å². The molecule has 3 aromatic rings. The number of hydrogen-bond donors (Lipinski definition) is 1. The molecule has 0 atom stereocenters. The molecule has 0 aliphatic rings. The van der Waals surface area contributed by atoms with E-state index in [0.29, 0.717) is 17.8 Å². The van der Waals surface area contributed by atoms with Gasteiger partial charge in [0.15, 0.2) is 5.82 Å². The van der Waals surface area contributed by atoms with Crippen molar-refractivity contribution in [2.24, 2.45) is 0 Å². The number of aromatic nitrogens is 3. The fourth-order valence-corrected chi connectivity index (χ4v) is 3.63. The molecule has 0 spiro atoms. The zero-order chi connectivity index (χ0) is 24.0. The zero-order valence-electron chi connectivity index (χ0n) is 18.9. The molecule has 0 aliphatic carbocycles. The summed E-state index contributed by atoms with van der Waals surface area (Å²) in [5.74, 6) is -0.127. The topological polar surface area (TPSA) is 63.1 Å². The monoisotopic (exact) mass is 459 g/mol. The highest BCUT2D eigenvalue weighted by atomic mass is 19.4. The van der Waals surface area contributed by atoms with Gasteiger partial charge in [-0.25, -0.2) is 9.67 Å². The smallest absolute Gasteiger partial charge is 0.372 e. The van der Waals surface area contributed by atoms with E-state index in [2.05, 4.69) is 39.4 Å². The van der Waals surface area contributed by atoms with Crippen molar-refractivity contribution in [3.63, 3.8) is 0 Å². The third-order valence-electron chi connectivity index (χ3n) is 5.28. The number of alkyl halides is 3. The van der Waals surface area contributed by atoms with E-state index in [1.807, 2.05) is 32.0 Å². The number of rotatable bonds is 9. The van der Waals surface area contributed by atoms with E-state index in [1.165, 1.54) is 16.9 Å². The normalized spacial score (nSPS) is 11.6. The minimum absolute atomic E-state index is 0.0917. The lowest BCUT2D eigenvalue weighted by Gasteiger charge is -2.23. The Bertz CT molecular complexity index is 1050. The summed E-state index contributed by atoms with van der Waals surface area (Å²) in [4.78, 5) is 19.0. The molecule has 0 saturated heterocycles. The highest BCUT2D eigenvalue weighted by Crippen LogP contribution is 2.29. The Morgan fingerprint density at radius 2 is 1.85 bits per heavy atom. The van der Waals surface area contributed by atoms with Gasteiger partial charge < -0.3 is 10.2 Å². The van der Waals surface area contributed by atoms with Crippen LogP contribution < -0.4 is 10.2 Å². The molecule has 6 nitrogen and oxygen atoms in total. The van der Waals surface area contributed by atoms with Gasteiger partial charge in [-0.2, -0.15) is 18.3 Å². The van der Waals surface area contributed by atoms with Gasteiger partial charge in [0.1, 0.15) is 0 Å². The van der Waals surface area contributed by atoms with Crippen molar-refractivity contribution in [1.82, 2.24) is 20.1 Å². The number of pyridine rings is 1. The van der Waals surface area contributed by atoms with Gasteiger partial charge in [0.25, 0.3) is 5.91 Å². The lowest BCUT2D eigenvalue weighted by Crippen LogP contribution is -2.30. The van der Waals surface area contributed by atoms with Crippen LogP contribution in [0, 0.1) is 0 Å². The van der Waals surface area contributed by atoms with Crippen molar-refractivity contribution in [3.8, 4) is 5.82 Å². The van der Waals surface area contributed by atoms with Crippen molar-refractivity contribution in [2.75, 3.05) is 24.5 Å². The molecule has 1 amide bonds. The van der Waals surface area contributed by atoms with Crippen molar-refractivity contribution < 1.29 is 18.0 Å². The van der Waals surface area contributed by atoms with Crippen molar-refractivity contribution >= 4 is 11.6 Å². The third-order valence-corrected chi connectivity index (χ3v) is 5.28. The Balaban J connectivity index is 1.67. The summed E-state index contributed by atoms with van der Waals surface area (Å²) in [6, 6.07) is 12.3. The maximum absolute atomic E-state index is 12.8. The van der Waals surface area contributed by atoms with E-state index in [9.17, 15) is 18.0 Å². The predicted molar refractivity (Wildman–Crippen MR) is 122 cm³/mol. The summed E-state index contributed by atoms with van der Waals surface area (Å²) in [7, 11) is 0. The highest BCUT2D eigenvalue weighted by molar-refractivity contribution is 5.95. The van der Waals surface area contributed by atoms with E-state index in [-0.39, 0.29) is 17.6 Å². The second kappa shape index (κ2) is 10.5. The number of halogens is 3. The number of para-hydroxylation sites is 1. The van der Waals surface area contributed by atoms with Gasteiger partial charge in [-0.1, -0.05) is 32.0 Å². The fourth-order valence-electron chi connectivity index (χ4n) is 3.63. The number of hydrogen-bond acceptors (Lipinski definition) is 4. The van der Waals surface area contributed by atoms with Gasteiger partial charge in [-0.15, -0.1) is 0 Å². The van der Waals surface area contributed by atoms with Crippen molar-refractivity contribution in [3.05, 3.63) is 71.7 Å². The number of carbonyl (C=O) groups is 1. The molecule has 2 heterocycles. The van der Waals surface area contributed by atoms with E-state index < -0.39 is 11.7 Å². The van der Waals surface area contributed by atoms with E-state index in [0.717, 1.165) is 37.5 Å². The zero-order valence-corrected chi connectivity index (χ0v) is 18.9. The Kier molecular flexibility index (Phi) is 7.73. The Hall–Kier alpha value is -3.36. The first-order chi connectivity index (χ1) is 15.7. The third kappa shape index (κ3) is 5.91. The van der Waals surface area contributed by atoms with Gasteiger partial charge in [0, 0.05) is 31.5 Å². The number of nitrogens with zero attached hydrogens (tertiary/aromatic N) is 4. The average Bonchev–Trinajstić information content (AvgIpc) is 3.25. The Morgan fingerprint density at radius 3 is 2.42 bits per heavy atom. The van der Waals surface area contributed by atoms with Gasteiger partial charge >= 0.3 is 6.18 Å². The van der Waals surface area contributed by atoms with Crippen LogP contribution in [0.15, 0.2) is 54.9 Å². The van der Waals surface area contributed by atoms with Crippen LogP contribution in [0.5, 0.6) is 0 Å². The quantitative estimate of drug-likeness (QED) is 0.455. The van der Waals surface area contributed by atoms with E-state index >= 15 is 0 Å². The van der Waals surface area contributed by atoms with Gasteiger partial charge in [-0.05, 0) is 43.5 Å². The molecule has 176 valence electrons. The molecule has 0 saturated carbocycles. The Morgan fingerprint density at radius 1 is 1.12 bits per heavy atom. The van der Waals surface area contributed by atoms with E-state index in [4.69, 9.17) is 0 Å². The predicted octanol–water partition coefficient (Wildman–Crippen LogP) is 5.06. The lowest BCUT2D eigenvalue weighted by atomic mass is 10.1. The molecule has 1 N–H and O–H groups in total. The first-order valence-corrected chi connectivity index (χ1v) is 10.9. The van der Waals surface area contributed by atoms with Crippen LogP contribution in [0.25, 0.3) is 5.82 Å². The van der Waals surface area contributed by atoms with Crippen LogP contribution in [0.2, 0.25) is 0 Å². The first kappa shape index (κ1) is 24.3. The maximum Gasteiger partial charge on any atom is 0.417 e. The van der Waals surface area contributed by atoms with E-state index in [1.54, 1.807) is 0 Å². The molecule has 0 bridgehead atoms. The summed E-state index contributed by atoms with van der Waals surface area (Å²) in [5, 5.41) is 7.16. The van der Waals surface area contributed by atoms with Crippen LogP contribution in [-0.2, 0) is 6.18 Å². The lowest BCUT2D eigenvalue weighted by molar-refractivity contribution is -0.137. The van der Waals surface area contributed by atoms with Crippen LogP contribution in [0.4, 0.5) is 18.9 Å². The van der Waals surface area contributed by atoms with Crippen LogP contribution >= 0.6 is 0 Å².